The topological polar surface area (TPSA) is 0 Å². The first kappa shape index (κ1) is 5.31. The average Bonchev–Trinajstić information content (AvgIpc) is 2.33. The molecule has 0 aliphatic carbocycles. The van der Waals surface area contributed by atoms with Gasteiger partial charge in [-0.15, -0.1) is 0 Å². The normalized spacial score (nSPS) is 13.8. The zero-order valence-corrected chi connectivity index (χ0v) is 7.06. The zero-order valence-electron chi connectivity index (χ0n) is 4.96. The van der Waals surface area contributed by atoms with E-state index in [1.54, 1.807) is 0 Å². The maximum atomic E-state index is 2.37. The minimum atomic E-state index is 0.147. The summed E-state index contributed by atoms with van der Waals surface area (Å²) in [5.74, 6) is 0. The molecule has 1 aromatic rings. The number of benzene rings is 1. The summed E-state index contributed by atoms with van der Waals surface area (Å²) in [4.78, 5) is 4.74. The minimum absolute atomic E-state index is 0.147. The molecule has 0 spiro atoms. The zero-order chi connectivity index (χ0) is 6.10. The number of fused-ring (bicyclic) bond motifs is 1. The second kappa shape index (κ2) is 2.04. The van der Waals surface area contributed by atoms with Crippen molar-refractivity contribution in [1.29, 1.82) is 0 Å². The molecule has 0 nitrogen and oxygen atoms in total. The van der Waals surface area contributed by atoms with E-state index in [2.05, 4.69) is 34.0 Å². The van der Waals surface area contributed by atoms with Gasteiger partial charge in [0.15, 0.2) is 0 Å². The van der Waals surface area contributed by atoms with Gasteiger partial charge in [0.1, 0.15) is 0 Å². The van der Waals surface area contributed by atoms with Crippen molar-refractivity contribution in [3.05, 3.63) is 34.7 Å². The van der Waals surface area contributed by atoms with E-state index in [0.717, 1.165) is 0 Å². The first-order chi connectivity index (χ1) is 4.47. The SMILES string of the molecule is C1=c2ccccc2=C[AsH]1. The summed E-state index contributed by atoms with van der Waals surface area (Å²) in [6, 6.07) is 8.56. The molecule has 0 saturated carbocycles. The Morgan fingerprint density at radius 3 is 2.00 bits per heavy atom. The van der Waals surface area contributed by atoms with Crippen LogP contribution in [-0.4, -0.2) is 15.8 Å². The molecule has 1 heteroatoms. The van der Waals surface area contributed by atoms with E-state index in [1.807, 2.05) is 0 Å². The van der Waals surface area contributed by atoms with E-state index in [-0.39, 0.29) is 15.8 Å². The summed E-state index contributed by atoms with van der Waals surface area (Å²) in [7, 11) is 0. The molecular weight excluding hydrogens is 171 g/mol. The molecule has 0 bridgehead atoms. The first-order valence-corrected chi connectivity index (χ1v) is 5.40. The van der Waals surface area contributed by atoms with Gasteiger partial charge >= 0.3 is 60.2 Å². The van der Waals surface area contributed by atoms with Crippen molar-refractivity contribution in [3.8, 4) is 0 Å². The van der Waals surface area contributed by atoms with Gasteiger partial charge in [-0.25, -0.2) is 0 Å². The molecule has 0 unspecified atom stereocenters. The van der Waals surface area contributed by atoms with Crippen LogP contribution in [0.4, 0.5) is 0 Å². The number of rotatable bonds is 0. The van der Waals surface area contributed by atoms with Gasteiger partial charge < -0.3 is 0 Å². The predicted octanol–water partition coefficient (Wildman–Crippen LogP) is -0.387. The third kappa shape index (κ3) is 0.839. The molecule has 0 aromatic heterocycles. The Morgan fingerprint density at radius 2 is 1.44 bits per heavy atom. The van der Waals surface area contributed by atoms with E-state index in [4.69, 9.17) is 0 Å². The van der Waals surface area contributed by atoms with Gasteiger partial charge in [-0.1, -0.05) is 0 Å². The van der Waals surface area contributed by atoms with E-state index in [1.165, 1.54) is 10.4 Å². The quantitative estimate of drug-likeness (QED) is 0.475. The van der Waals surface area contributed by atoms with Gasteiger partial charge in [-0.05, 0) is 0 Å². The Hall–Kier alpha value is -0.482. The summed E-state index contributed by atoms with van der Waals surface area (Å²) in [6.07, 6.45) is 0. The van der Waals surface area contributed by atoms with Crippen molar-refractivity contribution in [2.24, 2.45) is 0 Å². The summed E-state index contributed by atoms with van der Waals surface area (Å²) < 4.78 is 0. The van der Waals surface area contributed by atoms with E-state index in [0.29, 0.717) is 0 Å². The third-order valence-corrected chi connectivity index (χ3v) is 3.48. The molecule has 1 heterocycles. The fourth-order valence-corrected chi connectivity index (χ4v) is 3.03. The van der Waals surface area contributed by atoms with Gasteiger partial charge in [0.05, 0.1) is 0 Å². The summed E-state index contributed by atoms with van der Waals surface area (Å²) in [5.41, 5.74) is 0. The predicted molar refractivity (Wildman–Crippen MR) is 41.8 cm³/mol. The molecule has 44 valence electrons. The molecule has 0 atom stereocenters. The fourth-order valence-electron chi connectivity index (χ4n) is 0.995. The van der Waals surface area contributed by atoms with Crippen LogP contribution < -0.4 is 10.4 Å². The van der Waals surface area contributed by atoms with Crippen LogP contribution in [0.1, 0.15) is 0 Å². The Kier molecular flexibility index (Phi) is 1.20. The fraction of sp³-hybridized carbons (Fsp3) is 0. The van der Waals surface area contributed by atoms with Crippen LogP contribution in [0, 0.1) is 0 Å². The van der Waals surface area contributed by atoms with Crippen molar-refractivity contribution in [3.63, 3.8) is 0 Å². The first-order valence-electron chi connectivity index (χ1n) is 2.98. The van der Waals surface area contributed by atoms with Crippen LogP contribution in [0.25, 0.3) is 9.73 Å². The van der Waals surface area contributed by atoms with Gasteiger partial charge in [-0.3, -0.25) is 0 Å². The van der Waals surface area contributed by atoms with Crippen LogP contribution >= 0.6 is 0 Å². The molecule has 0 fully saturated rings. The van der Waals surface area contributed by atoms with E-state index < -0.39 is 0 Å². The average molecular weight is 178 g/mol. The van der Waals surface area contributed by atoms with Crippen molar-refractivity contribution >= 4 is 25.5 Å². The van der Waals surface area contributed by atoms with Crippen molar-refractivity contribution in [2.45, 2.75) is 0 Å². The van der Waals surface area contributed by atoms with E-state index in [9.17, 15) is 0 Å². The number of hydrogen-bond acceptors (Lipinski definition) is 0. The Bertz CT molecular complexity index is 292. The molecule has 1 aromatic carbocycles. The molecule has 9 heavy (non-hydrogen) atoms. The second-order valence-electron chi connectivity index (χ2n) is 2.08. The molecule has 0 saturated heterocycles. The third-order valence-electron chi connectivity index (χ3n) is 1.47. The second-order valence-corrected chi connectivity index (χ2v) is 3.99. The Balaban J connectivity index is 2.97. The molecule has 0 N–H and O–H groups in total. The summed E-state index contributed by atoms with van der Waals surface area (Å²) in [6.45, 7) is 0. The van der Waals surface area contributed by atoms with Gasteiger partial charge in [0.25, 0.3) is 0 Å². The molecule has 0 radical (unpaired) electrons. The van der Waals surface area contributed by atoms with Crippen molar-refractivity contribution in [2.75, 3.05) is 0 Å². The monoisotopic (exact) mass is 178 g/mol. The molecule has 1 aliphatic heterocycles. The Labute approximate surface area is 60.6 Å². The van der Waals surface area contributed by atoms with Gasteiger partial charge in [0, 0.05) is 0 Å². The molecule has 0 amide bonds. The van der Waals surface area contributed by atoms with Crippen LogP contribution in [0.15, 0.2) is 24.3 Å². The van der Waals surface area contributed by atoms with Crippen molar-refractivity contribution < 1.29 is 0 Å². The van der Waals surface area contributed by atoms with Gasteiger partial charge in [0.2, 0.25) is 0 Å². The summed E-state index contributed by atoms with van der Waals surface area (Å²) in [5, 5.41) is 2.88. The molecular formula is C8H7As. The molecule has 1 aliphatic rings. The van der Waals surface area contributed by atoms with E-state index >= 15 is 0 Å². The standard InChI is InChI=1S/C8H7As/c1-2-4-8-6-9-5-7(8)3-1/h1-6,9H. The van der Waals surface area contributed by atoms with Crippen LogP contribution in [0.5, 0.6) is 0 Å². The van der Waals surface area contributed by atoms with Crippen LogP contribution in [-0.2, 0) is 0 Å². The Morgan fingerprint density at radius 1 is 0.889 bits per heavy atom. The van der Waals surface area contributed by atoms with Crippen LogP contribution in [0.3, 0.4) is 0 Å². The summed E-state index contributed by atoms with van der Waals surface area (Å²) >= 11 is 0.147. The van der Waals surface area contributed by atoms with Crippen molar-refractivity contribution in [1.82, 2.24) is 0 Å². The number of hydrogen-bond donors (Lipinski definition) is 0. The molecule has 2 rings (SSSR count). The van der Waals surface area contributed by atoms with Crippen LogP contribution in [0.2, 0.25) is 0 Å². The van der Waals surface area contributed by atoms with Gasteiger partial charge in [-0.2, -0.15) is 0 Å². The maximum absolute atomic E-state index is 2.37.